The molecule has 1 aliphatic heterocycles. The highest BCUT2D eigenvalue weighted by Gasteiger charge is 2.23. The third-order valence-corrected chi connectivity index (χ3v) is 4.39. The molecule has 3 heterocycles. The van der Waals surface area contributed by atoms with Crippen molar-refractivity contribution < 1.29 is 9.53 Å². The molecule has 1 atom stereocenters. The van der Waals surface area contributed by atoms with Crippen molar-refractivity contribution in [3.8, 4) is 5.75 Å². The van der Waals surface area contributed by atoms with Crippen molar-refractivity contribution in [2.75, 3.05) is 6.61 Å². The van der Waals surface area contributed by atoms with Crippen LogP contribution in [0, 0.1) is 6.92 Å². The Labute approximate surface area is 139 Å². The number of pyridine rings is 1. The van der Waals surface area contributed by atoms with E-state index < -0.39 is 0 Å². The molecule has 0 saturated carbocycles. The Kier molecular flexibility index (Phi) is 3.45. The van der Waals surface area contributed by atoms with Gasteiger partial charge in [0.1, 0.15) is 5.75 Å². The number of carbonyl (C=O) groups excluding carboxylic acids is 1. The lowest BCUT2D eigenvalue weighted by Crippen LogP contribution is -2.32. The summed E-state index contributed by atoms with van der Waals surface area (Å²) in [5.74, 6) is 0.708. The van der Waals surface area contributed by atoms with E-state index in [1.165, 1.54) is 0 Å². The highest BCUT2D eigenvalue weighted by atomic mass is 16.5. The van der Waals surface area contributed by atoms with Crippen LogP contribution in [0.4, 0.5) is 0 Å². The predicted molar refractivity (Wildman–Crippen MR) is 90.0 cm³/mol. The molecule has 0 saturated heterocycles. The van der Waals surface area contributed by atoms with E-state index in [9.17, 15) is 4.79 Å². The third-order valence-electron chi connectivity index (χ3n) is 4.39. The van der Waals surface area contributed by atoms with Gasteiger partial charge in [-0.3, -0.25) is 9.48 Å². The van der Waals surface area contributed by atoms with Gasteiger partial charge in [-0.2, -0.15) is 5.10 Å². The van der Waals surface area contributed by atoms with Gasteiger partial charge in [-0.1, -0.05) is 18.2 Å². The van der Waals surface area contributed by atoms with Crippen molar-refractivity contribution in [2.24, 2.45) is 7.05 Å². The molecule has 1 unspecified atom stereocenters. The predicted octanol–water partition coefficient (Wildman–Crippen LogP) is 2.53. The number of para-hydroxylation sites is 1. The van der Waals surface area contributed by atoms with Crippen LogP contribution in [0.5, 0.6) is 5.75 Å². The fourth-order valence-corrected chi connectivity index (χ4v) is 3.17. The van der Waals surface area contributed by atoms with Gasteiger partial charge in [-0.25, -0.2) is 4.98 Å². The zero-order chi connectivity index (χ0) is 16.7. The summed E-state index contributed by atoms with van der Waals surface area (Å²) >= 11 is 0. The molecule has 24 heavy (non-hydrogen) atoms. The lowest BCUT2D eigenvalue weighted by atomic mass is 10.00. The van der Waals surface area contributed by atoms with E-state index in [2.05, 4.69) is 15.4 Å². The van der Waals surface area contributed by atoms with Crippen molar-refractivity contribution >= 4 is 16.9 Å². The van der Waals surface area contributed by atoms with Crippen LogP contribution in [0.15, 0.2) is 36.5 Å². The van der Waals surface area contributed by atoms with E-state index in [0.717, 1.165) is 34.5 Å². The van der Waals surface area contributed by atoms with Crippen LogP contribution in [0.25, 0.3) is 11.0 Å². The second-order valence-electron chi connectivity index (χ2n) is 6.01. The number of rotatable bonds is 2. The number of ether oxygens (including phenoxy) is 1. The first-order chi connectivity index (χ1) is 11.6. The summed E-state index contributed by atoms with van der Waals surface area (Å²) in [5.41, 5.74) is 3.21. The maximum atomic E-state index is 12.7. The SMILES string of the molecule is Cc1nn(C)c2ncc(C(=O)NC3CCOc4ccccc43)cc12. The maximum Gasteiger partial charge on any atom is 0.253 e. The molecule has 6 heteroatoms. The highest BCUT2D eigenvalue weighted by Crippen LogP contribution is 2.31. The molecule has 1 amide bonds. The molecular weight excluding hydrogens is 304 g/mol. The Morgan fingerprint density at radius 3 is 3.08 bits per heavy atom. The zero-order valence-corrected chi connectivity index (χ0v) is 13.6. The van der Waals surface area contributed by atoms with Gasteiger partial charge >= 0.3 is 0 Å². The molecular formula is C18H18N4O2. The van der Waals surface area contributed by atoms with E-state index in [-0.39, 0.29) is 11.9 Å². The average molecular weight is 322 g/mol. The molecule has 1 aromatic carbocycles. The normalized spacial score (nSPS) is 16.5. The average Bonchev–Trinajstić information content (AvgIpc) is 2.89. The molecule has 0 aliphatic carbocycles. The summed E-state index contributed by atoms with van der Waals surface area (Å²) in [6.45, 7) is 2.52. The summed E-state index contributed by atoms with van der Waals surface area (Å²) in [6, 6.07) is 9.62. The minimum absolute atomic E-state index is 0.0480. The molecule has 2 aromatic heterocycles. The van der Waals surface area contributed by atoms with Crippen LogP contribution in [-0.4, -0.2) is 27.3 Å². The minimum atomic E-state index is -0.130. The van der Waals surface area contributed by atoms with Gasteiger partial charge in [0.25, 0.3) is 5.91 Å². The molecule has 1 aliphatic rings. The summed E-state index contributed by atoms with van der Waals surface area (Å²) in [5, 5.41) is 8.34. The number of aromatic nitrogens is 3. The van der Waals surface area contributed by atoms with Crippen molar-refractivity contribution in [3.63, 3.8) is 0 Å². The van der Waals surface area contributed by atoms with E-state index in [1.54, 1.807) is 10.9 Å². The van der Waals surface area contributed by atoms with Crippen LogP contribution >= 0.6 is 0 Å². The lowest BCUT2D eigenvalue weighted by Gasteiger charge is -2.26. The summed E-state index contributed by atoms with van der Waals surface area (Å²) in [7, 11) is 1.85. The second-order valence-corrected chi connectivity index (χ2v) is 6.01. The quantitative estimate of drug-likeness (QED) is 0.787. The maximum absolute atomic E-state index is 12.7. The number of amides is 1. The first kappa shape index (κ1) is 14.7. The van der Waals surface area contributed by atoms with Gasteiger partial charge in [-0.15, -0.1) is 0 Å². The fraction of sp³-hybridized carbons (Fsp3) is 0.278. The van der Waals surface area contributed by atoms with E-state index in [4.69, 9.17) is 4.74 Å². The number of carbonyl (C=O) groups is 1. The van der Waals surface area contributed by atoms with Gasteiger partial charge in [0.15, 0.2) is 5.65 Å². The van der Waals surface area contributed by atoms with Gasteiger partial charge in [0.05, 0.1) is 23.9 Å². The summed E-state index contributed by atoms with van der Waals surface area (Å²) in [6.07, 6.45) is 2.36. The number of nitrogens with one attached hydrogen (secondary N) is 1. The highest BCUT2D eigenvalue weighted by molar-refractivity contribution is 5.97. The van der Waals surface area contributed by atoms with Gasteiger partial charge in [0.2, 0.25) is 0 Å². The largest absolute Gasteiger partial charge is 0.493 e. The first-order valence-electron chi connectivity index (χ1n) is 7.95. The van der Waals surface area contributed by atoms with E-state index >= 15 is 0 Å². The summed E-state index contributed by atoms with van der Waals surface area (Å²) in [4.78, 5) is 17.0. The number of fused-ring (bicyclic) bond motifs is 2. The van der Waals surface area contributed by atoms with Crippen LogP contribution in [0.2, 0.25) is 0 Å². The molecule has 0 radical (unpaired) electrons. The van der Waals surface area contributed by atoms with Crippen molar-refractivity contribution in [1.82, 2.24) is 20.1 Å². The van der Waals surface area contributed by atoms with Crippen LogP contribution < -0.4 is 10.1 Å². The standard InChI is InChI=1S/C18H18N4O2/c1-11-14-9-12(10-19-17(14)22(2)21-11)18(23)20-15-7-8-24-16-6-4-3-5-13(15)16/h3-6,9-10,15H,7-8H2,1-2H3,(H,20,23). The molecule has 1 N–H and O–H groups in total. The molecule has 122 valence electrons. The number of benzene rings is 1. The van der Waals surface area contributed by atoms with E-state index in [0.29, 0.717) is 12.2 Å². The number of hydrogen-bond donors (Lipinski definition) is 1. The van der Waals surface area contributed by atoms with Crippen molar-refractivity contribution in [2.45, 2.75) is 19.4 Å². The molecule has 0 fully saturated rings. The Balaban J connectivity index is 1.62. The molecule has 6 nitrogen and oxygen atoms in total. The topological polar surface area (TPSA) is 69.0 Å². The monoisotopic (exact) mass is 322 g/mol. The minimum Gasteiger partial charge on any atom is -0.493 e. The Hall–Kier alpha value is -2.89. The van der Waals surface area contributed by atoms with Crippen LogP contribution in [0.3, 0.4) is 0 Å². The Morgan fingerprint density at radius 2 is 2.21 bits per heavy atom. The van der Waals surface area contributed by atoms with Crippen molar-refractivity contribution in [3.05, 3.63) is 53.3 Å². The van der Waals surface area contributed by atoms with Gasteiger partial charge in [0, 0.05) is 30.6 Å². The van der Waals surface area contributed by atoms with Gasteiger partial charge in [-0.05, 0) is 19.1 Å². The first-order valence-corrected chi connectivity index (χ1v) is 7.95. The Morgan fingerprint density at radius 1 is 1.38 bits per heavy atom. The smallest absolute Gasteiger partial charge is 0.253 e. The molecule has 3 aromatic rings. The number of nitrogens with zero attached hydrogens (tertiary/aromatic N) is 3. The number of aryl methyl sites for hydroxylation is 2. The fourth-order valence-electron chi connectivity index (χ4n) is 3.17. The van der Waals surface area contributed by atoms with Gasteiger partial charge < -0.3 is 10.1 Å². The lowest BCUT2D eigenvalue weighted by molar-refractivity contribution is 0.0924. The molecule has 4 rings (SSSR count). The van der Waals surface area contributed by atoms with Crippen LogP contribution in [-0.2, 0) is 7.05 Å². The zero-order valence-electron chi connectivity index (χ0n) is 13.6. The van der Waals surface area contributed by atoms with E-state index in [1.807, 2.05) is 44.3 Å². The third kappa shape index (κ3) is 2.40. The Bertz CT molecular complexity index is 932. The van der Waals surface area contributed by atoms with Crippen LogP contribution in [0.1, 0.15) is 34.1 Å². The second kappa shape index (κ2) is 5.63. The van der Waals surface area contributed by atoms with Crippen molar-refractivity contribution in [1.29, 1.82) is 0 Å². The summed E-state index contributed by atoms with van der Waals surface area (Å²) < 4.78 is 7.37. The number of hydrogen-bond acceptors (Lipinski definition) is 4. The molecule has 0 spiro atoms. The molecule has 0 bridgehead atoms.